The minimum atomic E-state index is 1.16. The zero-order valence-corrected chi connectivity index (χ0v) is 11.2. The van der Waals surface area contributed by atoms with E-state index >= 15 is 0 Å². The van der Waals surface area contributed by atoms with Gasteiger partial charge in [-0.3, -0.25) is 0 Å². The Hall–Kier alpha value is 0. The van der Waals surface area contributed by atoms with Crippen LogP contribution in [-0.4, -0.2) is 0 Å². The minimum Gasteiger partial charge on any atom is -0.0530 e. The molecule has 0 aromatic rings. The average Bonchev–Trinajstić information content (AvgIpc) is 2.86. The van der Waals surface area contributed by atoms with E-state index in [1.54, 1.807) is 70.6 Å². The summed E-state index contributed by atoms with van der Waals surface area (Å²) in [4.78, 5) is 0. The van der Waals surface area contributed by atoms with Crippen LogP contribution in [0.4, 0.5) is 0 Å². The number of fused-ring (bicyclic) bond motifs is 5. The first-order valence-electron chi connectivity index (χ1n) is 8.43. The highest BCUT2D eigenvalue weighted by Gasteiger charge is 2.48. The molecule has 0 unspecified atom stereocenters. The van der Waals surface area contributed by atoms with E-state index in [1.165, 1.54) is 23.7 Å². The Morgan fingerprint density at radius 1 is 0.353 bits per heavy atom. The summed E-state index contributed by atoms with van der Waals surface area (Å²) < 4.78 is 0. The smallest absolute Gasteiger partial charge is 0.0352 e. The van der Waals surface area contributed by atoms with Crippen molar-refractivity contribution in [3.05, 3.63) is 0 Å². The molecule has 4 fully saturated rings. The molecule has 0 spiro atoms. The van der Waals surface area contributed by atoms with Crippen LogP contribution in [0.3, 0.4) is 0 Å². The summed E-state index contributed by atoms with van der Waals surface area (Å²) in [5, 5.41) is 0. The normalized spacial score (nSPS) is 53.6. The molecule has 0 aromatic carbocycles. The highest BCUT2D eigenvalue weighted by molar-refractivity contribution is 4.98. The summed E-state index contributed by atoms with van der Waals surface area (Å²) in [5.41, 5.74) is 0. The van der Waals surface area contributed by atoms with Gasteiger partial charge >= 0.3 is 0 Å². The van der Waals surface area contributed by atoms with Crippen molar-refractivity contribution in [3.8, 4) is 0 Å². The maximum atomic E-state index is 1.62. The van der Waals surface area contributed by atoms with Crippen molar-refractivity contribution in [2.45, 2.75) is 70.6 Å². The number of hydrogen-bond donors (Lipinski definition) is 0. The van der Waals surface area contributed by atoms with Crippen molar-refractivity contribution in [1.82, 2.24) is 0 Å². The van der Waals surface area contributed by atoms with E-state index in [9.17, 15) is 0 Å². The molecule has 0 amide bonds. The average molecular weight is 232 g/mol. The predicted octanol–water partition coefficient (Wildman–Crippen LogP) is 5.03. The molecule has 17 heavy (non-hydrogen) atoms. The largest absolute Gasteiger partial charge is 0.0530 e. The van der Waals surface area contributed by atoms with Gasteiger partial charge in [0.1, 0.15) is 0 Å². The molecule has 0 radical (unpaired) electrons. The van der Waals surface area contributed by atoms with Crippen LogP contribution in [0, 0.1) is 35.5 Å². The molecule has 0 heterocycles. The quantitative estimate of drug-likeness (QED) is 0.549. The lowest BCUT2D eigenvalue weighted by Crippen LogP contribution is -2.43. The van der Waals surface area contributed by atoms with Crippen LogP contribution in [-0.2, 0) is 0 Å². The van der Waals surface area contributed by atoms with E-state index in [0.29, 0.717) is 0 Å². The Balaban J connectivity index is 1.56. The van der Waals surface area contributed by atoms with Gasteiger partial charge in [-0.05, 0) is 74.0 Å². The third-order valence-electron chi connectivity index (χ3n) is 7.08. The molecular formula is C17H28. The van der Waals surface area contributed by atoms with E-state index < -0.39 is 0 Å². The fraction of sp³-hybridized carbons (Fsp3) is 1.00. The monoisotopic (exact) mass is 232 g/mol. The summed E-state index contributed by atoms with van der Waals surface area (Å²) in [6, 6.07) is 0. The van der Waals surface area contributed by atoms with E-state index in [0.717, 1.165) is 11.8 Å². The van der Waals surface area contributed by atoms with E-state index in [4.69, 9.17) is 0 Å². The molecule has 0 aromatic heterocycles. The van der Waals surface area contributed by atoms with Crippen molar-refractivity contribution < 1.29 is 0 Å². The molecule has 0 saturated heterocycles. The molecule has 6 atom stereocenters. The third kappa shape index (κ3) is 1.70. The Morgan fingerprint density at radius 2 is 0.882 bits per heavy atom. The molecule has 4 rings (SSSR count). The van der Waals surface area contributed by atoms with Crippen LogP contribution < -0.4 is 0 Å². The molecule has 0 N–H and O–H groups in total. The maximum absolute atomic E-state index is 1.62. The lowest BCUT2D eigenvalue weighted by atomic mass is 9.54. The highest BCUT2D eigenvalue weighted by Crippen LogP contribution is 2.57. The van der Waals surface area contributed by atoms with E-state index in [2.05, 4.69) is 0 Å². The Kier molecular flexibility index (Phi) is 2.74. The molecule has 96 valence electrons. The summed E-state index contributed by atoms with van der Waals surface area (Å²) in [5.74, 6) is 7.02. The summed E-state index contributed by atoms with van der Waals surface area (Å²) in [6.45, 7) is 0. The molecule has 0 nitrogen and oxygen atoms in total. The SMILES string of the molecule is C1CC[C@H]2[C@H](C1)CC[C@@H]1[C@@H]2CC[C@@H]2CCC[C@H]21. The van der Waals surface area contributed by atoms with Gasteiger partial charge in [-0.1, -0.05) is 32.1 Å². The first-order chi connectivity index (χ1) is 8.43. The number of hydrogen-bond acceptors (Lipinski definition) is 0. The van der Waals surface area contributed by atoms with Crippen LogP contribution in [0.25, 0.3) is 0 Å². The molecule has 4 aliphatic carbocycles. The zero-order chi connectivity index (χ0) is 11.2. The standard InChI is InChI=1S/C17H28/c1-2-6-14-12(4-1)8-10-17-15-7-3-5-13(15)9-11-16(14)17/h12-17H,1-11H2/t12-,13+,14+,15-,16-,17+/m1/s1. The lowest BCUT2D eigenvalue weighted by molar-refractivity contribution is -0.0184. The fourth-order valence-electron chi connectivity index (χ4n) is 6.45. The van der Waals surface area contributed by atoms with Crippen LogP contribution >= 0.6 is 0 Å². The summed E-state index contributed by atoms with van der Waals surface area (Å²) >= 11 is 0. The molecule has 0 aliphatic heterocycles. The van der Waals surface area contributed by atoms with Crippen molar-refractivity contribution in [2.24, 2.45) is 35.5 Å². The van der Waals surface area contributed by atoms with Gasteiger partial charge in [-0.25, -0.2) is 0 Å². The Morgan fingerprint density at radius 3 is 1.59 bits per heavy atom. The second-order valence-corrected chi connectivity index (χ2v) is 7.55. The van der Waals surface area contributed by atoms with Crippen molar-refractivity contribution in [3.63, 3.8) is 0 Å². The van der Waals surface area contributed by atoms with Gasteiger partial charge in [-0.15, -0.1) is 0 Å². The fourth-order valence-corrected chi connectivity index (χ4v) is 6.45. The van der Waals surface area contributed by atoms with Crippen molar-refractivity contribution >= 4 is 0 Å². The Bertz CT molecular complexity index is 282. The van der Waals surface area contributed by atoms with E-state index in [-0.39, 0.29) is 0 Å². The third-order valence-corrected chi connectivity index (χ3v) is 7.08. The van der Waals surface area contributed by atoms with Gasteiger partial charge in [0.15, 0.2) is 0 Å². The topological polar surface area (TPSA) is 0 Å². The van der Waals surface area contributed by atoms with Crippen LogP contribution in [0.5, 0.6) is 0 Å². The summed E-state index contributed by atoms with van der Waals surface area (Å²) in [7, 11) is 0. The highest BCUT2D eigenvalue weighted by atomic mass is 14.5. The predicted molar refractivity (Wildman–Crippen MR) is 71.7 cm³/mol. The van der Waals surface area contributed by atoms with Crippen LogP contribution in [0.2, 0.25) is 0 Å². The first kappa shape index (κ1) is 10.9. The number of rotatable bonds is 0. The van der Waals surface area contributed by atoms with Gasteiger partial charge in [0, 0.05) is 0 Å². The molecular weight excluding hydrogens is 204 g/mol. The van der Waals surface area contributed by atoms with Gasteiger partial charge < -0.3 is 0 Å². The lowest BCUT2D eigenvalue weighted by Gasteiger charge is -2.51. The van der Waals surface area contributed by atoms with Gasteiger partial charge in [0.2, 0.25) is 0 Å². The van der Waals surface area contributed by atoms with Gasteiger partial charge in [-0.2, -0.15) is 0 Å². The molecule has 4 aliphatic rings. The van der Waals surface area contributed by atoms with Crippen molar-refractivity contribution in [2.75, 3.05) is 0 Å². The second-order valence-electron chi connectivity index (χ2n) is 7.55. The van der Waals surface area contributed by atoms with E-state index in [1.807, 2.05) is 0 Å². The zero-order valence-electron chi connectivity index (χ0n) is 11.2. The van der Waals surface area contributed by atoms with Crippen molar-refractivity contribution in [1.29, 1.82) is 0 Å². The first-order valence-corrected chi connectivity index (χ1v) is 8.43. The van der Waals surface area contributed by atoms with Gasteiger partial charge in [0.25, 0.3) is 0 Å². The molecule has 0 bridgehead atoms. The second kappa shape index (κ2) is 4.28. The van der Waals surface area contributed by atoms with Crippen LogP contribution in [0.15, 0.2) is 0 Å². The Labute approximate surface area is 107 Å². The van der Waals surface area contributed by atoms with Crippen LogP contribution in [0.1, 0.15) is 70.6 Å². The molecule has 4 saturated carbocycles. The van der Waals surface area contributed by atoms with Gasteiger partial charge in [0.05, 0.1) is 0 Å². The maximum Gasteiger partial charge on any atom is -0.0352 e. The minimum absolute atomic E-state index is 1.16. The summed E-state index contributed by atoms with van der Waals surface area (Å²) in [6.07, 6.45) is 17.5. The molecule has 0 heteroatoms.